The Balaban J connectivity index is 2.90. The fourth-order valence-corrected chi connectivity index (χ4v) is 1.51. The molecule has 0 spiro atoms. The van der Waals surface area contributed by atoms with Crippen LogP contribution in [0.25, 0.3) is 0 Å². The first-order valence-corrected chi connectivity index (χ1v) is 5.21. The molecule has 0 aliphatic rings. The first-order chi connectivity index (χ1) is 7.56. The number of carboxylic acids is 1. The Bertz CT molecular complexity index is 356. The molecule has 0 saturated heterocycles. The molecule has 1 aromatic carbocycles. The van der Waals surface area contributed by atoms with Crippen LogP contribution in [0.2, 0.25) is 0 Å². The third kappa shape index (κ3) is 3.34. The van der Waals surface area contributed by atoms with E-state index in [9.17, 15) is 4.79 Å². The Hall–Kier alpha value is -1.36. The fourth-order valence-electron chi connectivity index (χ4n) is 1.29. The van der Waals surface area contributed by atoms with E-state index in [1.165, 1.54) is 0 Å². The lowest BCUT2D eigenvalue weighted by atomic mass is 10.1. The second-order valence-corrected chi connectivity index (χ2v) is 3.90. The van der Waals surface area contributed by atoms with Gasteiger partial charge in [0.25, 0.3) is 0 Å². The van der Waals surface area contributed by atoms with Gasteiger partial charge in [0.15, 0.2) is 0 Å². The number of carbonyl (C=O) groups is 1. The smallest absolute Gasteiger partial charge is 0.316 e. The molecule has 0 bridgehead atoms. The van der Waals surface area contributed by atoms with Crippen molar-refractivity contribution in [1.82, 2.24) is 0 Å². The lowest BCUT2D eigenvalue weighted by molar-refractivity contribution is -0.136. The minimum atomic E-state index is -0.940. The number of thiol groups is 1. The highest BCUT2D eigenvalue weighted by Crippen LogP contribution is 2.23. The number of hydrogen-bond donors (Lipinski definition) is 2. The molecular formula is C11H14O4S. The first kappa shape index (κ1) is 12.7. The number of carboxylic acid groups (broad SMARTS) is 1. The van der Waals surface area contributed by atoms with Gasteiger partial charge < -0.3 is 14.6 Å². The van der Waals surface area contributed by atoms with E-state index in [1.807, 2.05) is 0 Å². The molecule has 0 fully saturated rings. The van der Waals surface area contributed by atoms with Gasteiger partial charge in [0.05, 0.1) is 14.2 Å². The molecule has 0 saturated carbocycles. The van der Waals surface area contributed by atoms with Gasteiger partial charge in [0, 0.05) is 6.07 Å². The Morgan fingerprint density at radius 1 is 1.31 bits per heavy atom. The molecule has 1 atom stereocenters. The highest BCUT2D eigenvalue weighted by atomic mass is 32.1. The van der Waals surface area contributed by atoms with E-state index >= 15 is 0 Å². The Kier molecular flexibility index (Phi) is 4.49. The van der Waals surface area contributed by atoms with Crippen LogP contribution in [-0.2, 0) is 11.2 Å². The topological polar surface area (TPSA) is 55.8 Å². The highest BCUT2D eigenvalue weighted by molar-refractivity contribution is 7.81. The highest BCUT2D eigenvalue weighted by Gasteiger charge is 2.13. The molecule has 88 valence electrons. The van der Waals surface area contributed by atoms with Crippen molar-refractivity contribution >= 4 is 18.6 Å². The van der Waals surface area contributed by atoms with E-state index in [2.05, 4.69) is 12.6 Å². The molecule has 1 aromatic rings. The quantitative estimate of drug-likeness (QED) is 0.771. The summed E-state index contributed by atoms with van der Waals surface area (Å²) < 4.78 is 10.2. The predicted octanol–water partition coefficient (Wildman–Crippen LogP) is 1.63. The van der Waals surface area contributed by atoms with Gasteiger partial charge in [-0.15, -0.1) is 0 Å². The number of rotatable bonds is 5. The van der Waals surface area contributed by atoms with E-state index in [1.54, 1.807) is 32.4 Å². The molecule has 1 unspecified atom stereocenters. The van der Waals surface area contributed by atoms with Gasteiger partial charge in [-0.1, -0.05) is 0 Å². The normalized spacial score (nSPS) is 11.9. The largest absolute Gasteiger partial charge is 0.497 e. The van der Waals surface area contributed by atoms with Gasteiger partial charge in [-0.25, -0.2) is 0 Å². The lowest BCUT2D eigenvalue weighted by Crippen LogP contribution is -2.16. The van der Waals surface area contributed by atoms with Crippen LogP contribution in [0.4, 0.5) is 0 Å². The third-order valence-corrected chi connectivity index (χ3v) is 2.53. The van der Waals surface area contributed by atoms with Crippen molar-refractivity contribution in [2.24, 2.45) is 0 Å². The second kappa shape index (κ2) is 5.65. The van der Waals surface area contributed by atoms with Crippen molar-refractivity contribution in [2.45, 2.75) is 11.7 Å². The number of methoxy groups -OCH3 is 2. The summed E-state index contributed by atoms with van der Waals surface area (Å²) in [6.45, 7) is 0. The van der Waals surface area contributed by atoms with E-state index < -0.39 is 11.2 Å². The van der Waals surface area contributed by atoms with Crippen LogP contribution < -0.4 is 9.47 Å². The maximum absolute atomic E-state index is 10.7. The lowest BCUT2D eigenvalue weighted by Gasteiger charge is -2.10. The Morgan fingerprint density at radius 2 is 1.81 bits per heavy atom. The molecule has 0 amide bonds. The Morgan fingerprint density at radius 3 is 2.19 bits per heavy atom. The van der Waals surface area contributed by atoms with Crippen molar-refractivity contribution in [3.63, 3.8) is 0 Å². The van der Waals surface area contributed by atoms with Gasteiger partial charge in [0.1, 0.15) is 16.7 Å². The maximum Gasteiger partial charge on any atom is 0.316 e. The molecule has 4 nitrogen and oxygen atoms in total. The van der Waals surface area contributed by atoms with Crippen LogP contribution in [0.5, 0.6) is 11.5 Å². The minimum Gasteiger partial charge on any atom is -0.497 e. The van der Waals surface area contributed by atoms with Crippen LogP contribution in [-0.4, -0.2) is 30.5 Å². The minimum absolute atomic E-state index is 0.325. The number of aliphatic carboxylic acids is 1. The maximum atomic E-state index is 10.7. The standard InChI is InChI=1S/C11H14O4S/c1-14-8-3-7(4-9(6-8)15-2)5-10(16)11(12)13/h3-4,6,10,16H,5H2,1-2H3,(H,12,13). The molecular weight excluding hydrogens is 228 g/mol. The number of hydrogen-bond acceptors (Lipinski definition) is 4. The summed E-state index contributed by atoms with van der Waals surface area (Å²) in [6, 6.07) is 5.28. The molecule has 0 aliphatic carbocycles. The second-order valence-electron chi connectivity index (χ2n) is 3.28. The van der Waals surface area contributed by atoms with Gasteiger partial charge in [-0.05, 0) is 24.1 Å². The molecule has 0 heterocycles. The summed E-state index contributed by atoms with van der Waals surface area (Å²) in [5.74, 6) is 0.339. The summed E-state index contributed by atoms with van der Waals surface area (Å²) in [4.78, 5) is 10.7. The van der Waals surface area contributed by atoms with Gasteiger partial charge in [0.2, 0.25) is 0 Å². The third-order valence-electron chi connectivity index (χ3n) is 2.13. The van der Waals surface area contributed by atoms with Gasteiger partial charge >= 0.3 is 5.97 Å². The zero-order valence-corrected chi connectivity index (χ0v) is 10.0. The molecule has 0 aromatic heterocycles. The number of benzene rings is 1. The summed E-state index contributed by atoms with van der Waals surface area (Å²) in [5, 5.41) is 8.03. The Labute approximate surface area is 99.6 Å². The zero-order valence-electron chi connectivity index (χ0n) is 9.14. The van der Waals surface area contributed by atoms with E-state index in [0.717, 1.165) is 5.56 Å². The summed E-state index contributed by atoms with van der Waals surface area (Å²) in [7, 11) is 3.10. The van der Waals surface area contributed by atoms with Crippen LogP contribution in [0.1, 0.15) is 5.56 Å². The first-order valence-electron chi connectivity index (χ1n) is 4.69. The van der Waals surface area contributed by atoms with Crippen LogP contribution in [0.15, 0.2) is 18.2 Å². The SMILES string of the molecule is COc1cc(CC(S)C(=O)O)cc(OC)c1. The predicted molar refractivity (Wildman–Crippen MR) is 63.7 cm³/mol. The van der Waals surface area contributed by atoms with Crippen LogP contribution in [0.3, 0.4) is 0 Å². The zero-order chi connectivity index (χ0) is 12.1. The van der Waals surface area contributed by atoms with Crippen molar-refractivity contribution < 1.29 is 19.4 Å². The summed E-state index contributed by atoms with van der Waals surface area (Å²) in [5.41, 5.74) is 0.818. The molecule has 5 heteroatoms. The van der Waals surface area contributed by atoms with E-state index in [-0.39, 0.29) is 0 Å². The summed E-state index contributed by atoms with van der Waals surface area (Å²) >= 11 is 3.98. The molecule has 0 radical (unpaired) electrons. The van der Waals surface area contributed by atoms with Gasteiger partial charge in [-0.3, -0.25) is 4.79 Å². The molecule has 16 heavy (non-hydrogen) atoms. The number of ether oxygens (including phenoxy) is 2. The van der Waals surface area contributed by atoms with Crippen molar-refractivity contribution in [3.8, 4) is 11.5 Å². The average Bonchev–Trinajstić information content (AvgIpc) is 2.28. The van der Waals surface area contributed by atoms with Crippen molar-refractivity contribution in [1.29, 1.82) is 0 Å². The molecule has 0 aliphatic heterocycles. The fraction of sp³-hybridized carbons (Fsp3) is 0.364. The van der Waals surface area contributed by atoms with Gasteiger partial charge in [-0.2, -0.15) is 12.6 Å². The van der Waals surface area contributed by atoms with Crippen molar-refractivity contribution in [2.75, 3.05) is 14.2 Å². The average molecular weight is 242 g/mol. The van der Waals surface area contributed by atoms with Crippen molar-refractivity contribution in [3.05, 3.63) is 23.8 Å². The summed E-state index contributed by atoms with van der Waals surface area (Å²) in [6.07, 6.45) is 0.325. The van der Waals surface area contributed by atoms with E-state index in [0.29, 0.717) is 17.9 Å². The molecule has 1 rings (SSSR count). The van der Waals surface area contributed by atoms with Crippen LogP contribution >= 0.6 is 12.6 Å². The molecule has 1 N–H and O–H groups in total. The van der Waals surface area contributed by atoms with Crippen LogP contribution in [0, 0.1) is 0 Å². The van der Waals surface area contributed by atoms with E-state index in [4.69, 9.17) is 14.6 Å². The monoisotopic (exact) mass is 242 g/mol.